The number of nitrogen functional groups attached to an aromatic ring is 1. The van der Waals surface area contributed by atoms with Crippen molar-refractivity contribution in [1.29, 1.82) is 0 Å². The third-order valence-electron chi connectivity index (χ3n) is 3.43. The minimum Gasteiger partial charge on any atom is -0.497 e. The molecule has 1 aliphatic rings. The van der Waals surface area contributed by atoms with Crippen molar-refractivity contribution in [3.63, 3.8) is 0 Å². The standard InChI is InChI=1S/C14H21NO2S/c1-16-10-4-3-5-12(8-10)18-14-9-11(17-2)6-7-13(14)15/h6-7,9-10,12H,3-5,8,15H2,1-2H3. The Kier molecular flexibility index (Phi) is 4.78. The second-order valence-corrected chi connectivity index (χ2v) is 6.01. The number of methoxy groups -OCH3 is 2. The quantitative estimate of drug-likeness (QED) is 0.850. The number of nitrogens with two attached hydrogens (primary N) is 1. The van der Waals surface area contributed by atoms with Crippen molar-refractivity contribution in [3.8, 4) is 5.75 Å². The minimum atomic E-state index is 0.406. The molecule has 2 rings (SSSR count). The number of hydrogen-bond acceptors (Lipinski definition) is 4. The van der Waals surface area contributed by atoms with Gasteiger partial charge in [-0.05, 0) is 43.9 Å². The van der Waals surface area contributed by atoms with E-state index in [1.807, 2.05) is 30.0 Å². The Balaban J connectivity index is 2.04. The lowest BCUT2D eigenvalue weighted by Gasteiger charge is -2.28. The Bertz CT molecular complexity index is 397. The van der Waals surface area contributed by atoms with Crippen LogP contribution >= 0.6 is 11.8 Å². The van der Waals surface area contributed by atoms with Crippen molar-refractivity contribution in [1.82, 2.24) is 0 Å². The van der Waals surface area contributed by atoms with E-state index in [1.165, 1.54) is 19.3 Å². The summed E-state index contributed by atoms with van der Waals surface area (Å²) in [5, 5.41) is 0.595. The van der Waals surface area contributed by atoms with Crippen LogP contribution < -0.4 is 10.5 Å². The van der Waals surface area contributed by atoms with Gasteiger partial charge in [0, 0.05) is 22.9 Å². The van der Waals surface area contributed by atoms with Crippen LogP contribution in [0.3, 0.4) is 0 Å². The average molecular weight is 267 g/mol. The third kappa shape index (κ3) is 3.33. The van der Waals surface area contributed by atoms with Crippen LogP contribution in [-0.2, 0) is 4.74 Å². The highest BCUT2D eigenvalue weighted by molar-refractivity contribution is 8.00. The molecule has 3 nitrogen and oxygen atoms in total. The monoisotopic (exact) mass is 267 g/mol. The summed E-state index contributed by atoms with van der Waals surface area (Å²) >= 11 is 1.85. The fraction of sp³-hybridized carbons (Fsp3) is 0.571. The molecule has 0 saturated heterocycles. The molecular weight excluding hydrogens is 246 g/mol. The summed E-state index contributed by atoms with van der Waals surface area (Å²) in [5.41, 5.74) is 6.85. The van der Waals surface area contributed by atoms with Gasteiger partial charge in [-0.1, -0.05) is 0 Å². The number of thioether (sulfide) groups is 1. The normalized spacial score (nSPS) is 23.9. The van der Waals surface area contributed by atoms with E-state index < -0.39 is 0 Å². The summed E-state index contributed by atoms with van der Waals surface area (Å²) in [6, 6.07) is 5.84. The number of hydrogen-bond donors (Lipinski definition) is 1. The smallest absolute Gasteiger partial charge is 0.120 e. The summed E-state index contributed by atoms with van der Waals surface area (Å²) in [6.07, 6.45) is 5.17. The second kappa shape index (κ2) is 6.34. The highest BCUT2D eigenvalue weighted by Gasteiger charge is 2.23. The Morgan fingerprint density at radius 2 is 2.11 bits per heavy atom. The van der Waals surface area contributed by atoms with E-state index in [9.17, 15) is 0 Å². The van der Waals surface area contributed by atoms with Gasteiger partial charge >= 0.3 is 0 Å². The molecule has 0 amide bonds. The third-order valence-corrected chi connectivity index (χ3v) is 4.79. The van der Waals surface area contributed by atoms with E-state index in [2.05, 4.69) is 0 Å². The Morgan fingerprint density at radius 3 is 2.83 bits per heavy atom. The molecule has 1 aliphatic carbocycles. The van der Waals surface area contributed by atoms with Gasteiger partial charge in [0.1, 0.15) is 5.75 Å². The number of ether oxygens (including phenoxy) is 2. The predicted octanol–water partition coefficient (Wildman–Crippen LogP) is 3.33. The SMILES string of the molecule is COc1ccc(N)c(SC2CCCC(OC)C2)c1. The van der Waals surface area contributed by atoms with Gasteiger partial charge in [-0.2, -0.15) is 0 Å². The van der Waals surface area contributed by atoms with Crippen LogP contribution in [0.1, 0.15) is 25.7 Å². The van der Waals surface area contributed by atoms with Crippen LogP contribution in [0, 0.1) is 0 Å². The molecule has 0 bridgehead atoms. The zero-order valence-electron chi connectivity index (χ0n) is 11.0. The number of benzene rings is 1. The summed E-state index contributed by atoms with van der Waals surface area (Å²) < 4.78 is 10.7. The molecule has 2 N–H and O–H groups in total. The van der Waals surface area contributed by atoms with E-state index in [4.69, 9.17) is 15.2 Å². The fourth-order valence-corrected chi connectivity index (χ4v) is 3.69. The van der Waals surface area contributed by atoms with Crippen molar-refractivity contribution in [2.45, 2.75) is 41.9 Å². The average Bonchev–Trinajstić information content (AvgIpc) is 2.41. The van der Waals surface area contributed by atoms with Crippen LogP contribution in [-0.4, -0.2) is 25.6 Å². The van der Waals surface area contributed by atoms with Crippen molar-refractivity contribution in [2.75, 3.05) is 20.0 Å². The first-order chi connectivity index (χ1) is 8.72. The van der Waals surface area contributed by atoms with E-state index in [0.29, 0.717) is 11.4 Å². The molecule has 1 fully saturated rings. The molecule has 4 heteroatoms. The number of anilines is 1. The maximum Gasteiger partial charge on any atom is 0.120 e. The maximum absolute atomic E-state index is 6.02. The van der Waals surface area contributed by atoms with Crippen LogP contribution in [0.4, 0.5) is 5.69 Å². The Morgan fingerprint density at radius 1 is 1.28 bits per heavy atom. The van der Waals surface area contributed by atoms with Gasteiger partial charge in [-0.25, -0.2) is 0 Å². The molecule has 0 spiro atoms. The van der Waals surface area contributed by atoms with Gasteiger partial charge < -0.3 is 15.2 Å². The molecule has 2 unspecified atom stereocenters. The molecule has 18 heavy (non-hydrogen) atoms. The summed E-state index contributed by atoms with van der Waals surface area (Å²) in [7, 11) is 3.49. The van der Waals surface area contributed by atoms with Crippen LogP contribution in [0.5, 0.6) is 5.75 Å². The molecule has 2 atom stereocenters. The van der Waals surface area contributed by atoms with Gasteiger partial charge in [0.25, 0.3) is 0 Å². The largest absolute Gasteiger partial charge is 0.497 e. The van der Waals surface area contributed by atoms with Gasteiger partial charge in [-0.3, -0.25) is 0 Å². The molecule has 0 aromatic heterocycles. The van der Waals surface area contributed by atoms with Crippen molar-refractivity contribution >= 4 is 17.4 Å². The van der Waals surface area contributed by atoms with Crippen LogP contribution in [0.2, 0.25) is 0 Å². The lowest BCUT2D eigenvalue weighted by molar-refractivity contribution is 0.0730. The Hall–Kier alpha value is -0.870. The van der Waals surface area contributed by atoms with Gasteiger partial charge in [0.15, 0.2) is 0 Å². The summed E-state index contributed by atoms with van der Waals surface area (Å²) in [6.45, 7) is 0. The van der Waals surface area contributed by atoms with Gasteiger partial charge in [0.2, 0.25) is 0 Å². The molecule has 1 saturated carbocycles. The van der Waals surface area contributed by atoms with Crippen molar-refractivity contribution in [2.24, 2.45) is 0 Å². The van der Waals surface area contributed by atoms with Crippen molar-refractivity contribution < 1.29 is 9.47 Å². The first kappa shape index (κ1) is 13.6. The van der Waals surface area contributed by atoms with Gasteiger partial charge in [0.05, 0.1) is 13.2 Å². The first-order valence-electron chi connectivity index (χ1n) is 6.36. The molecule has 0 radical (unpaired) electrons. The molecule has 1 aromatic carbocycles. The lowest BCUT2D eigenvalue weighted by atomic mass is 9.97. The molecule has 0 aliphatic heterocycles. The van der Waals surface area contributed by atoms with Crippen LogP contribution in [0.15, 0.2) is 23.1 Å². The zero-order valence-corrected chi connectivity index (χ0v) is 11.8. The molecular formula is C14H21NO2S. The van der Waals surface area contributed by atoms with Crippen molar-refractivity contribution in [3.05, 3.63) is 18.2 Å². The molecule has 0 heterocycles. The minimum absolute atomic E-state index is 0.406. The predicted molar refractivity (Wildman–Crippen MR) is 76.3 cm³/mol. The topological polar surface area (TPSA) is 44.5 Å². The maximum atomic E-state index is 6.02. The van der Waals surface area contributed by atoms with Crippen LogP contribution in [0.25, 0.3) is 0 Å². The lowest BCUT2D eigenvalue weighted by Crippen LogP contribution is -2.23. The zero-order chi connectivity index (χ0) is 13.0. The fourth-order valence-electron chi connectivity index (χ4n) is 2.35. The second-order valence-electron chi connectivity index (χ2n) is 4.67. The number of rotatable bonds is 4. The molecule has 100 valence electrons. The summed E-state index contributed by atoms with van der Waals surface area (Å²) in [4.78, 5) is 1.12. The highest BCUT2D eigenvalue weighted by atomic mass is 32.2. The van der Waals surface area contributed by atoms with E-state index in [-0.39, 0.29) is 0 Å². The van der Waals surface area contributed by atoms with E-state index >= 15 is 0 Å². The summed E-state index contributed by atoms with van der Waals surface area (Å²) in [5.74, 6) is 0.866. The van der Waals surface area contributed by atoms with E-state index in [0.717, 1.165) is 22.8 Å². The van der Waals surface area contributed by atoms with E-state index in [1.54, 1.807) is 14.2 Å². The first-order valence-corrected chi connectivity index (χ1v) is 7.24. The van der Waals surface area contributed by atoms with Gasteiger partial charge in [-0.15, -0.1) is 11.8 Å². The molecule has 1 aromatic rings. The Labute approximate surface area is 113 Å². The highest BCUT2D eigenvalue weighted by Crippen LogP contribution is 2.38.